The molecule has 2 aliphatic carbocycles. The summed E-state index contributed by atoms with van der Waals surface area (Å²) in [5.41, 5.74) is 0.744. The van der Waals surface area contributed by atoms with Crippen LogP contribution in [0.2, 0.25) is 0 Å². The molecule has 1 nitrogen and oxygen atoms in total. The van der Waals surface area contributed by atoms with Crippen molar-refractivity contribution in [3.8, 4) is 0 Å². The highest BCUT2D eigenvalue weighted by Gasteiger charge is 2.55. The van der Waals surface area contributed by atoms with Gasteiger partial charge in [0.15, 0.2) is 0 Å². The van der Waals surface area contributed by atoms with E-state index < -0.39 is 0 Å². The van der Waals surface area contributed by atoms with Gasteiger partial charge in [0.25, 0.3) is 0 Å². The monoisotopic (exact) mass is 292 g/mol. The molecule has 4 atom stereocenters. The molecule has 1 unspecified atom stereocenters. The van der Waals surface area contributed by atoms with Crippen LogP contribution in [-0.4, -0.2) is 5.78 Å². The highest BCUT2D eigenvalue weighted by molar-refractivity contribution is 5.83. The second-order valence-electron chi connectivity index (χ2n) is 8.80. The van der Waals surface area contributed by atoms with Gasteiger partial charge in [-0.25, -0.2) is 0 Å². The second kappa shape index (κ2) is 6.42. The van der Waals surface area contributed by atoms with Crippen molar-refractivity contribution in [1.82, 2.24) is 0 Å². The van der Waals surface area contributed by atoms with Gasteiger partial charge in [0.05, 0.1) is 0 Å². The third-order valence-corrected chi connectivity index (χ3v) is 7.04. The number of ketones is 1. The number of rotatable bonds is 6. The summed E-state index contributed by atoms with van der Waals surface area (Å²) >= 11 is 0. The molecule has 0 spiro atoms. The zero-order valence-electron chi connectivity index (χ0n) is 15.0. The van der Waals surface area contributed by atoms with Crippen LogP contribution < -0.4 is 0 Å². The Morgan fingerprint density at radius 2 is 2.05 bits per heavy atom. The van der Waals surface area contributed by atoms with Gasteiger partial charge in [0, 0.05) is 12.3 Å². The maximum absolute atomic E-state index is 12.3. The minimum Gasteiger partial charge on any atom is -0.299 e. The molecule has 1 heteroatoms. The highest BCUT2D eigenvalue weighted by atomic mass is 16.1. The molecule has 0 heterocycles. The quantitative estimate of drug-likeness (QED) is 0.585. The minimum atomic E-state index is 0.303. The van der Waals surface area contributed by atoms with Crippen molar-refractivity contribution >= 4 is 5.78 Å². The van der Waals surface area contributed by atoms with Crippen molar-refractivity contribution < 1.29 is 4.79 Å². The van der Waals surface area contributed by atoms with E-state index >= 15 is 0 Å². The van der Waals surface area contributed by atoms with Crippen molar-refractivity contribution in [3.63, 3.8) is 0 Å². The van der Waals surface area contributed by atoms with E-state index in [2.05, 4.69) is 34.6 Å². The standard InChI is InChI=1S/C20H36O/c1-6-19(4,13-7-9-15(2)3)18-12-11-16-17(21)10-8-14-20(16,18)5/h15-16,18H,6-14H2,1-5H3/t16?,18-,19+,20+/m1/s1. The largest absolute Gasteiger partial charge is 0.299 e. The molecule has 0 aromatic heterocycles. The van der Waals surface area contributed by atoms with Crippen LogP contribution in [0, 0.1) is 28.6 Å². The number of hydrogen-bond acceptors (Lipinski definition) is 1. The van der Waals surface area contributed by atoms with Crippen LogP contribution in [0.3, 0.4) is 0 Å². The Morgan fingerprint density at radius 3 is 2.67 bits per heavy atom. The fourth-order valence-electron chi connectivity index (χ4n) is 5.59. The molecule has 0 bridgehead atoms. The van der Waals surface area contributed by atoms with E-state index in [1.54, 1.807) is 0 Å². The van der Waals surface area contributed by atoms with E-state index in [-0.39, 0.29) is 0 Å². The molecular formula is C20H36O. The molecule has 0 amide bonds. The molecule has 2 aliphatic rings. The van der Waals surface area contributed by atoms with E-state index in [1.165, 1.54) is 44.9 Å². The third kappa shape index (κ3) is 3.22. The average Bonchev–Trinajstić information content (AvgIpc) is 2.77. The molecule has 122 valence electrons. The number of hydrogen-bond donors (Lipinski definition) is 0. The topological polar surface area (TPSA) is 17.1 Å². The Labute approximate surface area is 132 Å². The van der Waals surface area contributed by atoms with Crippen LogP contribution in [0.1, 0.15) is 92.4 Å². The maximum atomic E-state index is 12.3. The van der Waals surface area contributed by atoms with Gasteiger partial charge in [-0.3, -0.25) is 4.79 Å². The van der Waals surface area contributed by atoms with Crippen LogP contribution >= 0.6 is 0 Å². The van der Waals surface area contributed by atoms with E-state index in [4.69, 9.17) is 0 Å². The van der Waals surface area contributed by atoms with Gasteiger partial charge in [-0.15, -0.1) is 0 Å². The van der Waals surface area contributed by atoms with Gasteiger partial charge in [0.2, 0.25) is 0 Å². The summed E-state index contributed by atoms with van der Waals surface area (Å²) in [5.74, 6) is 2.53. The fraction of sp³-hybridized carbons (Fsp3) is 0.950. The lowest BCUT2D eigenvalue weighted by molar-refractivity contribution is -0.131. The predicted molar refractivity (Wildman–Crippen MR) is 90.3 cm³/mol. The Hall–Kier alpha value is -0.330. The van der Waals surface area contributed by atoms with Gasteiger partial charge >= 0.3 is 0 Å². The van der Waals surface area contributed by atoms with Crippen molar-refractivity contribution in [1.29, 1.82) is 0 Å². The first kappa shape index (κ1) is 17.0. The first-order valence-corrected chi connectivity index (χ1v) is 9.36. The van der Waals surface area contributed by atoms with Gasteiger partial charge in [-0.2, -0.15) is 0 Å². The number of carbonyl (C=O) groups is 1. The number of carbonyl (C=O) groups excluding carboxylic acids is 1. The lowest BCUT2D eigenvalue weighted by Gasteiger charge is -2.48. The van der Waals surface area contributed by atoms with Gasteiger partial charge < -0.3 is 0 Å². The summed E-state index contributed by atoms with van der Waals surface area (Å²) in [6.45, 7) is 12.0. The van der Waals surface area contributed by atoms with Gasteiger partial charge in [-0.05, 0) is 54.8 Å². The lowest BCUT2D eigenvalue weighted by Crippen LogP contribution is -2.43. The summed E-state index contributed by atoms with van der Waals surface area (Å²) in [6, 6.07) is 0. The molecule has 2 rings (SSSR count). The molecule has 0 aromatic rings. The molecule has 0 aromatic carbocycles. The fourth-order valence-corrected chi connectivity index (χ4v) is 5.59. The second-order valence-corrected chi connectivity index (χ2v) is 8.80. The lowest BCUT2D eigenvalue weighted by atomic mass is 9.56. The Bertz CT molecular complexity index is 372. The SMILES string of the molecule is CC[C@@](C)(CCCC(C)C)[C@H]1CCC2C(=O)CCC[C@@]21C. The summed E-state index contributed by atoms with van der Waals surface area (Å²) in [7, 11) is 0. The maximum Gasteiger partial charge on any atom is 0.136 e. The smallest absolute Gasteiger partial charge is 0.136 e. The van der Waals surface area contributed by atoms with Gasteiger partial charge in [0.1, 0.15) is 5.78 Å². The third-order valence-electron chi connectivity index (χ3n) is 7.04. The summed E-state index contributed by atoms with van der Waals surface area (Å²) in [4.78, 5) is 12.3. The van der Waals surface area contributed by atoms with E-state index in [9.17, 15) is 4.79 Å². The molecule has 2 fully saturated rings. The number of fused-ring (bicyclic) bond motifs is 1. The summed E-state index contributed by atoms with van der Waals surface area (Å²) in [5, 5.41) is 0. The molecule has 0 N–H and O–H groups in total. The Balaban J connectivity index is 2.12. The molecule has 0 aliphatic heterocycles. The molecular weight excluding hydrogens is 256 g/mol. The Kier molecular flexibility index (Phi) is 5.21. The van der Waals surface area contributed by atoms with E-state index in [1.807, 2.05) is 0 Å². The van der Waals surface area contributed by atoms with Crippen LogP contribution in [0.4, 0.5) is 0 Å². The van der Waals surface area contributed by atoms with Crippen molar-refractivity contribution in [3.05, 3.63) is 0 Å². The molecule has 0 radical (unpaired) electrons. The average molecular weight is 293 g/mol. The van der Waals surface area contributed by atoms with E-state index in [0.717, 1.165) is 24.7 Å². The first-order valence-electron chi connectivity index (χ1n) is 9.36. The Morgan fingerprint density at radius 1 is 1.33 bits per heavy atom. The van der Waals surface area contributed by atoms with Crippen LogP contribution in [-0.2, 0) is 4.79 Å². The van der Waals surface area contributed by atoms with Crippen molar-refractivity contribution in [2.75, 3.05) is 0 Å². The van der Waals surface area contributed by atoms with Crippen molar-refractivity contribution in [2.24, 2.45) is 28.6 Å². The molecule has 21 heavy (non-hydrogen) atoms. The molecule has 2 saturated carbocycles. The van der Waals surface area contributed by atoms with Crippen LogP contribution in [0.5, 0.6) is 0 Å². The zero-order chi connectivity index (χ0) is 15.7. The van der Waals surface area contributed by atoms with Gasteiger partial charge in [-0.1, -0.05) is 53.9 Å². The van der Waals surface area contributed by atoms with Crippen molar-refractivity contribution in [2.45, 2.75) is 92.4 Å². The van der Waals surface area contributed by atoms with Crippen LogP contribution in [0.15, 0.2) is 0 Å². The summed E-state index contributed by atoms with van der Waals surface area (Å²) < 4.78 is 0. The minimum absolute atomic E-state index is 0.303. The van der Waals surface area contributed by atoms with Crippen LogP contribution in [0.25, 0.3) is 0 Å². The highest BCUT2D eigenvalue weighted by Crippen LogP contribution is 2.61. The normalized spacial score (nSPS) is 35.8. The first-order chi connectivity index (χ1) is 9.83. The van der Waals surface area contributed by atoms with E-state index in [0.29, 0.717) is 22.5 Å². The predicted octanol–water partition coefficient (Wildman–Crippen LogP) is 6.01. The number of Topliss-reactive ketones (excluding diaryl/α,β-unsaturated/α-hetero) is 1. The zero-order valence-corrected chi connectivity index (χ0v) is 15.0. The molecule has 0 saturated heterocycles. The summed E-state index contributed by atoms with van der Waals surface area (Å²) in [6.07, 6.45) is 11.0.